The van der Waals surface area contributed by atoms with E-state index >= 15 is 0 Å². The Morgan fingerprint density at radius 2 is 2.33 bits per heavy atom. The zero-order valence-electron chi connectivity index (χ0n) is 11.7. The van der Waals surface area contributed by atoms with Crippen molar-refractivity contribution in [3.63, 3.8) is 0 Å². The summed E-state index contributed by atoms with van der Waals surface area (Å²) in [6.45, 7) is 4.13. The summed E-state index contributed by atoms with van der Waals surface area (Å²) >= 11 is 0. The van der Waals surface area contributed by atoms with Crippen molar-refractivity contribution in [2.75, 3.05) is 27.2 Å². The maximum absolute atomic E-state index is 4.29. The summed E-state index contributed by atoms with van der Waals surface area (Å²) in [5, 5.41) is 3.37. The van der Waals surface area contributed by atoms with Crippen LogP contribution >= 0.6 is 0 Å². The van der Waals surface area contributed by atoms with Gasteiger partial charge in [0.2, 0.25) is 0 Å². The fraction of sp³-hybridized carbons (Fsp3) is 0.571. The number of aromatic nitrogens is 1. The van der Waals surface area contributed by atoms with Gasteiger partial charge in [-0.05, 0) is 24.5 Å². The van der Waals surface area contributed by atoms with E-state index in [1.807, 2.05) is 19.3 Å². The van der Waals surface area contributed by atoms with Gasteiger partial charge in [-0.25, -0.2) is 0 Å². The van der Waals surface area contributed by atoms with Crippen LogP contribution in [0.4, 0.5) is 0 Å². The summed E-state index contributed by atoms with van der Waals surface area (Å²) < 4.78 is 0. The van der Waals surface area contributed by atoms with Gasteiger partial charge >= 0.3 is 0 Å². The largest absolute Gasteiger partial charge is 0.356 e. The monoisotopic (exact) mass is 248 g/mol. The van der Waals surface area contributed by atoms with Crippen LogP contribution in [0, 0.1) is 0 Å². The van der Waals surface area contributed by atoms with Gasteiger partial charge in [0.1, 0.15) is 0 Å². The van der Waals surface area contributed by atoms with Gasteiger partial charge in [0.25, 0.3) is 0 Å². The normalized spacial score (nSPS) is 11.4. The van der Waals surface area contributed by atoms with Crippen LogP contribution in [0.3, 0.4) is 0 Å². The van der Waals surface area contributed by atoms with Crippen molar-refractivity contribution in [1.82, 2.24) is 15.2 Å². The molecule has 4 heteroatoms. The summed E-state index contributed by atoms with van der Waals surface area (Å²) in [5.74, 6) is 0.965. The average molecular weight is 248 g/mol. The molecule has 1 rings (SSSR count). The first-order valence-corrected chi connectivity index (χ1v) is 6.58. The fourth-order valence-corrected chi connectivity index (χ4v) is 1.75. The third kappa shape index (κ3) is 5.17. The van der Waals surface area contributed by atoms with Gasteiger partial charge in [-0.2, -0.15) is 0 Å². The summed E-state index contributed by atoms with van der Waals surface area (Å²) in [7, 11) is 3.91. The molecule has 0 aromatic carbocycles. The van der Waals surface area contributed by atoms with E-state index in [0.29, 0.717) is 0 Å². The van der Waals surface area contributed by atoms with Crippen LogP contribution in [0.5, 0.6) is 0 Å². The van der Waals surface area contributed by atoms with Gasteiger partial charge in [0.15, 0.2) is 5.96 Å². The Kier molecular flexibility index (Phi) is 6.84. The van der Waals surface area contributed by atoms with Crippen molar-refractivity contribution >= 4 is 5.96 Å². The lowest BCUT2D eigenvalue weighted by molar-refractivity contribution is 0.465. The van der Waals surface area contributed by atoms with E-state index in [2.05, 4.69) is 40.2 Å². The Bertz CT molecular complexity index is 348. The van der Waals surface area contributed by atoms with Gasteiger partial charge < -0.3 is 10.2 Å². The van der Waals surface area contributed by atoms with E-state index in [0.717, 1.165) is 25.5 Å². The van der Waals surface area contributed by atoms with Crippen LogP contribution in [0.15, 0.2) is 29.5 Å². The van der Waals surface area contributed by atoms with Gasteiger partial charge in [0, 0.05) is 39.6 Å². The highest BCUT2D eigenvalue weighted by atomic mass is 15.3. The highest BCUT2D eigenvalue weighted by molar-refractivity contribution is 5.79. The summed E-state index contributed by atoms with van der Waals surface area (Å²) in [4.78, 5) is 10.6. The number of nitrogens with zero attached hydrogens (tertiary/aromatic N) is 3. The fourth-order valence-electron chi connectivity index (χ4n) is 1.75. The summed E-state index contributed by atoms with van der Waals surface area (Å²) in [6.07, 6.45) is 7.07. The van der Waals surface area contributed by atoms with Gasteiger partial charge in [-0.3, -0.25) is 9.98 Å². The minimum absolute atomic E-state index is 0.884. The minimum atomic E-state index is 0.884. The Hall–Kier alpha value is -1.58. The van der Waals surface area contributed by atoms with E-state index < -0.39 is 0 Å². The molecule has 1 aromatic rings. The van der Waals surface area contributed by atoms with E-state index in [-0.39, 0.29) is 0 Å². The maximum atomic E-state index is 4.29. The van der Waals surface area contributed by atoms with Crippen molar-refractivity contribution < 1.29 is 0 Å². The first-order valence-electron chi connectivity index (χ1n) is 6.58. The van der Waals surface area contributed by atoms with Crippen LogP contribution in [0.1, 0.15) is 25.3 Å². The smallest absolute Gasteiger partial charge is 0.193 e. The molecule has 1 N–H and O–H groups in total. The maximum Gasteiger partial charge on any atom is 0.193 e. The molecule has 0 saturated carbocycles. The summed E-state index contributed by atoms with van der Waals surface area (Å²) in [6, 6.07) is 4.07. The third-order valence-corrected chi connectivity index (χ3v) is 2.84. The molecule has 0 aliphatic rings. The highest BCUT2D eigenvalue weighted by Gasteiger charge is 2.03. The molecule has 0 spiro atoms. The van der Waals surface area contributed by atoms with Gasteiger partial charge in [-0.1, -0.05) is 19.4 Å². The molecule has 1 heterocycles. The minimum Gasteiger partial charge on any atom is -0.356 e. The number of aliphatic imine (C=N–C) groups is 1. The van der Waals surface area contributed by atoms with E-state index in [9.17, 15) is 0 Å². The molecule has 18 heavy (non-hydrogen) atoms. The zero-order chi connectivity index (χ0) is 13.2. The molecule has 0 bridgehead atoms. The first-order chi connectivity index (χ1) is 8.77. The standard InChI is InChI=1S/C14H24N4/c1-4-5-11-18(3)14(15-2)17-10-8-13-7-6-9-16-12-13/h6-7,9,12H,4-5,8,10-11H2,1-3H3,(H,15,17). The highest BCUT2D eigenvalue weighted by Crippen LogP contribution is 1.96. The number of unbranched alkanes of at least 4 members (excludes halogenated alkanes) is 1. The number of nitrogens with one attached hydrogen (secondary N) is 1. The molecule has 0 atom stereocenters. The number of pyridine rings is 1. The van der Waals surface area contributed by atoms with Crippen molar-refractivity contribution in [2.24, 2.45) is 4.99 Å². The molecule has 0 unspecified atom stereocenters. The molecule has 1 aromatic heterocycles. The van der Waals surface area contributed by atoms with E-state index in [4.69, 9.17) is 0 Å². The summed E-state index contributed by atoms with van der Waals surface area (Å²) in [5.41, 5.74) is 1.25. The van der Waals surface area contributed by atoms with Crippen molar-refractivity contribution in [3.8, 4) is 0 Å². The van der Waals surface area contributed by atoms with Crippen LogP contribution in [0.25, 0.3) is 0 Å². The second kappa shape index (κ2) is 8.50. The van der Waals surface area contributed by atoms with Crippen LogP contribution in [0.2, 0.25) is 0 Å². The molecule has 4 nitrogen and oxygen atoms in total. The third-order valence-electron chi connectivity index (χ3n) is 2.84. The first kappa shape index (κ1) is 14.5. The van der Waals surface area contributed by atoms with E-state index in [1.165, 1.54) is 18.4 Å². The molecule has 0 fully saturated rings. The molecular weight excluding hydrogens is 224 g/mol. The quantitative estimate of drug-likeness (QED) is 0.618. The Labute approximate surface area is 110 Å². The predicted octanol–water partition coefficient (Wildman–Crippen LogP) is 1.93. The lowest BCUT2D eigenvalue weighted by Crippen LogP contribution is -2.40. The SMILES string of the molecule is CCCCN(C)C(=NC)NCCc1cccnc1. The van der Waals surface area contributed by atoms with Crippen LogP contribution in [-0.4, -0.2) is 43.0 Å². The lowest BCUT2D eigenvalue weighted by atomic mass is 10.2. The van der Waals surface area contributed by atoms with Gasteiger partial charge in [-0.15, -0.1) is 0 Å². The number of rotatable bonds is 6. The van der Waals surface area contributed by atoms with Crippen molar-refractivity contribution in [3.05, 3.63) is 30.1 Å². The zero-order valence-corrected chi connectivity index (χ0v) is 11.7. The van der Waals surface area contributed by atoms with Gasteiger partial charge in [0.05, 0.1) is 0 Å². The molecule has 0 aliphatic carbocycles. The van der Waals surface area contributed by atoms with E-state index in [1.54, 1.807) is 6.20 Å². The number of hydrogen-bond acceptors (Lipinski definition) is 2. The van der Waals surface area contributed by atoms with Crippen LogP contribution in [-0.2, 0) is 6.42 Å². The molecular formula is C14H24N4. The molecule has 0 aliphatic heterocycles. The predicted molar refractivity (Wildman–Crippen MR) is 76.8 cm³/mol. The molecule has 0 amide bonds. The Balaban J connectivity index is 2.32. The molecule has 0 radical (unpaired) electrons. The molecule has 0 saturated heterocycles. The van der Waals surface area contributed by atoms with Crippen molar-refractivity contribution in [2.45, 2.75) is 26.2 Å². The second-order valence-electron chi connectivity index (χ2n) is 4.36. The number of guanidine groups is 1. The molecule has 100 valence electrons. The second-order valence-corrected chi connectivity index (χ2v) is 4.36. The lowest BCUT2D eigenvalue weighted by Gasteiger charge is -2.21. The number of hydrogen-bond donors (Lipinski definition) is 1. The Morgan fingerprint density at radius 3 is 2.94 bits per heavy atom. The topological polar surface area (TPSA) is 40.5 Å². The van der Waals surface area contributed by atoms with Crippen molar-refractivity contribution in [1.29, 1.82) is 0 Å². The van der Waals surface area contributed by atoms with Crippen LogP contribution < -0.4 is 5.32 Å². The average Bonchev–Trinajstić information content (AvgIpc) is 2.42. The Morgan fingerprint density at radius 1 is 1.50 bits per heavy atom.